The average molecular weight is 448 g/mol. The lowest BCUT2D eigenvalue weighted by Crippen LogP contribution is -2.14. The van der Waals surface area contributed by atoms with Crippen LogP contribution in [0.4, 0.5) is 5.69 Å². The molecule has 0 unspecified atom stereocenters. The molecular formula is C20H22BrN3O2S. The first-order valence-corrected chi connectivity index (χ1v) is 9.50. The maximum Gasteiger partial charge on any atom is 0.316 e. The van der Waals surface area contributed by atoms with E-state index in [2.05, 4.69) is 17.2 Å². The highest BCUT2D eigenvalue weighted by Gasteiger charge is 2.12. The number of hydrogen-bond donors (Lipinski definition) is 1. The van der Waals surface area contributed by atoms with Crippen LogP contribution >= 0.6 is 28.7 Å². The Morgan fingerprint density at radius 2 is 1.70 bits per heavy atom. The van der Waals surface area contributed by atoms with Crippen LogP contribution in [0.5, 0.6) is 0 Å². The molecule has 5 nitrogen and oxygen atoms in total. The predicted molar refractivity (Wildman–Crippen MR) is 120 cm³/mol. The number of aromatic nitrogens is 1. The van der Waals surface area contributed by atoms with Gasteiger partial charge in [0.25, 0.3) is 0 Å². The Hall–Kier alpha value is -2.12. The Morgan fingerprint density at radius 1 is 1.11 bits per heavy atom. The van der Waals surface area contributed by atoms with Gasteiger partial charge in [-0.2, -0.15) is 0 Å². The minimum atomic E-state index is -0.273. The van der Waals surface area contributed by atoms with Crippen molar-refractivity contribution in [1.82, 2.24) is 4.98 Å². The highest BCUT2D eigenvalue weighted by atomic mass is 79.9. The molecule has 0 amide bonds. The Bertz CT molecular complexity index is 908. The van der Waals surface area contributed by atoms with Crippen molar-refractivity contribution >= 4 is 67.4 Å². The van der Waals surface area contributed by atoms with Gasteiger partial charge in [0.05, 0.1) is 29.6 Å². The van der Waals surface area contributed by atoms with Crippen LogP contribution in [0.1, 0.15) is 13.3 Å². The second-order valence-electron chi connectivity index (χ2n) is 5.70. The van der Waals surface area contributed by atoms with E-state index in [1.165, 1.54) is 18.9 Å². The van der Waals surface area contributed by atoms with E-state index in [1.54, 1.807) is 0 Å². The molecule has 0 aliphatic rings. The number of anilines is 1. The maximum absolute atomic E-state index is 11.5. The van der Waals surface area contributed by atoms with E-state index in [0.29, 0.717) is 11.7 Å². The summed E-state index contributed by atoms with van der Waals surface area (Å²) < 4.78 is 4.74. The lowest BCUT2D eigenvalue weighted by Gasteiger charge is -2.14. The molecule has 1 N–H and O–H groups in total. The van der Waals surface area contributed by atoms with Gasteiger partial charge in [-0.3, -0.25) is 9.79 Å². The summed E-state index contributed by atoms with van der Waals surface area (Å²) in [5, 5.41) is 6.20. The van der Waals surface area contributed by atoms with Gasteiger partial charge < -0.3 is 10.1 Å². The number of carbonyl (C=O) groups is 1. The van der Waals surface area contributed by atoms with Crippen LogP contribution in [0.2, 0.25) is 0 Å². The molecule has 0 atom stereocenters. The number of methoxy groups -OCH3 is 1. The van der Waals surface area contributed by atoms with Crippen molar-refractivity contribution in [3.63, 3.8) is 0 Å². The fourth-order valence-electron chi connectivity index (χ4n) is 2.60. The summed E-state index contributed by atoms with van der Waals surface area (Å²) in [6.45, 7) is 2.76. The first-order valence-electron chi connectivity index (χ1n) is 8.51. The fourth-order valence-corrected chi connectivity index (χ4v) is 3.33. The van der Waals surface area contributed by atoms with E-state index in [9.17, 15) is 4.79 Å². The topological polar surface area (TPSA) is 63.6 Å². The van der Waals surface area contributed by atoms with E-state index in [-0.39, 0.29) is 28.7 Å². The number of hydrogen-bond acceptors (Lipinski definition) is 5. The molecule has 1 heterocycles. The number of halogens is 1. The van der Waals surface area contributed by atoms with Gasteiger partial charge in [0.1, 0.15) is 0 Å². The number of thioether (sulfide) groups is 1. The predicted octanol–water partition coefficient (Wildman–Crippen LogP) is 5.05. The lowest BCUT2D eigenvalue weighted by molar-refractivity contribution is -0.137. The van der Waals surface area contributed by atoms with Gasteiger partial charge in [-0.15, -0.1) is 17.0 Å². The van der Waals surface area contributed by atoms with Gasteiger partial charge in [-0.1, -0.05) is 55.1 Å². The van der Waals surface area contributed by atoms with Gasteiger partial charge >= 0.3 is 5.97 Å². The zero-order valence-electron chi connectivity index (χ0n) is 15.3. The monoisotopic (exact) mass is 447 g/mol. The molecule has 3 rings (SSSR count). The molecule has 3 aromatic rings. The molecule has 2 aromatic carbocycles. The third-order valence-corrected chi connectivity index (χ3v) is 4.74. The first-order chi connectivity index (χ1) is 12.7. The number of para-hydroxylation sites is 2. The van der Waals surface area contributed by atoms with Gasteiger partial charge in [0, 0.05) is 17.3 Å². The van der Waals surface area contributed by atoms with Gasteiger partial charge in [0.2, 0.25) is 0 Å². The minimum absolute atomic E-state index is 0. The lowest BCUT2D eigenvalue weighted by atomic mass is 10.1. The van der Waals surface area contributed by atoms with E-state index in [4.69, 9.17) is 9.72 Å². The number of nitrogens with zero attached hydrogens (tertiary/aromatic N) is 2. The summed E-state index contributed by atoms with van der Waals surface area (Å²) in [5.41, 5.74) is 2.79. The van der Waals surface area contributed by atoms with Crippen LogP contribution in [0.3, 0.4) is 0 Å². The second-order valence-corrected chi connectivity index (χ2v) is 6.66. The van der Waals surface area contributed by atoms with Crippen molar-refractivity contribution < 1.29 is 9.53 Å². The van der Waals surface area contributed by atoms with Gasteiger partial charge in [-0.05, 0) is 18.6 Å². The molecule has 7 heteroatoms. The zero-order valence-corrected chi connectivity index (χ0v) is 17.8. The van der Waals surface area contributed by atoms with Crippen molar-refractivity contribution in [3.05, 3.63) is 48.5 Å². The first kappa shape index (κ1) is 21.2. The van der Waals surface area contributed by atoms with E-state index >= 15 is 0 Å². The summed E-state index contributed by atoms with van der Waals surface area (Å²) in [5.74, 6) is -0.0575. The number of nitrogens with one attached hydrogen (secondary N) is 1. The van der Waals surface area contributed by atoms with E-state index in [0.717, 1.165) is 33.9 Å². The summed E-state index contributed by atoms with van der Waals surface area (Å²) in [4.78, 5) is 20.9. The van der Waals surface area contributed by atoms with Crippen molar-refractivity contribution in [2.24, 2.45) is 4.99 Å². The summed E-state index contributed by atoms with van der Waals surface area (Å²) in [7, 11) is 1.39. The van der Waals surface area contributed by atoms with Crippen LogP contribution in [-0.4, -0.2) is 35.5 Å². The van der Waals surface area contributed by atoms with Crippen LogP contribution in [-0.2, 0) is 9.53 Å². The number of fused-ring (bicyclic) bond motifs is 2. The molecule has 142 valence electrons. The molecule has 0 radical (unpaired) electrons. The minimum Gasteiger partial charge on any atom is -0.468 e. The summed E-state index contributed by atoms with van der Waals surface area (Å²) in [6, 6.07) is 16.0. The molecular weight excluding hydrogens is 426 g/mol. The quantitative estimate of drug-likeness (QED) is 0.256. The van der Waals surface area contributed by atoms with Crippen molar-refractivity contribution in [2.75, 3.05) is 24.7 Å². The molecule has 0 aliphatic carbocycles. The molecule has 0 fully saturated rings. The summed E-state index contributed by atoms with van der Waals surface area (Å²) >= 11 is 1.35. The third-order valence-electron chi connectivity index (χ3n) is 3.85. The standard InChI is InChI=1S/C20H21N3O2S.BrH/c1-3-12-21-20(26-13-18(24)25-2)23-19-14-8-4-6-10-16(14)22-17-11-7-5-9-15(17)19;/h4-11H,3,12-13H2,1-2H3,(H,21,22,23);1H. The summed E-state index contributed by atoms with van der Waals surface area (Å²) in [6.07, 6.45) is 0.932. The largest absolute Gasteiger partial charge is 0.468 e. The third kappa shape index (κ3) is 5.20. The molecule has 0 spiro atoms. The average Bonchev–Trinajstić information content (AvgIpc) is 2.69. The number of rotatable bonds is 5. The number of amidine groups is 1. The molecule has 0 aliphatic heterocycles. The number of esters is 1. The zero-order chi connectivity index (χ0) is 18.4. The fraction of sp³-hybridized carbons (Fsp3) is 0.250. The normalized spacial score (nSPS) is 11.3. The number of benzene rings is 2. The highest BCUT2D eigenvalue weighted by Crippen LogP contribution is 2.31. The number of aliphatic imine (C=N–C) groups is 1. The number of pyridine rings is 1. The number of carbonyl (C=O) groups excluding carboxylic acids is 1. The molecule has 1 aromatic heterocycles. The van der Waals surface area contributed by atoms with Crippen LogP contribution in [0.15, 0.2) is 53.5 Å². The Labute approximate surface area is 173 Å². The Morgan fingerprint density at radius 3 is 2.26 bits per heavy atom. The van der Waals surface area contributed by atoms with Gasteiger partial charge in [-0.25, -0.2) is 4.98 Å². The van der Waals surface area contributed by atoms with Crippen LogP contribution in [0, 0.1) is 0 Å². The van der Waals surface area contributed by atoms with Crippen LogP contribution < -0.4 is 5.32 Å². The second kappa shape index (κ2) is 10.3. The number of ether oxygens (including phenoxy) is 1. The highest BCUT2D eigenvalue weighted by molar-refractivity contribution is 8.93. The van der Waals surface area contributed by atoms with E-state index in [1.807, 2.05) is 48.5 Å². The van der Waals surface area contributed by atoms with Crippen molar-refractivity contribution in [2.45, 2.75) is 13.3 Å². The smallest absolute Gasteiger partial charge is 0.316 e. The molecule has 0 saturated carbocycles. The Balaban J connectivity index is 0.00000261. The van der Waals surface area contributed by atoms with Crippen LogP contribution in [0.25, 0.3) is 21.8 Å². The van der Waals surface area contributed by atoms with Crippen molar-refractivity contribution in [3.8, 4) is 0 Å². The molecule has 27 heavy (non-hydrogen) atoms. The van der Waals surface area contributed by atoms with Crippen molar-refractivity contribution in [1.29, 1.82) is 0 Å². The molecule has 0 saturated heterocycles. The van der Waals surface area contributed by atoms with Gasteiger partial charge in [0.15, 0.2) is 5.17 Å². The van der Waals surface area contributed by atoms with E-state index < -0.39 is 0 Å². The SMILES string of the molecule is Br.CCCN=C(Nc1c2ccccc2nc2ccccc12)SCC(=O)OC. The Kier molecular flexibility index (Phi) is 8.06. The maximum atomic E-state index is 11.5. The molecule has 0 bridgehead atoms.